The Hall–Kier alpha value is -7.16. The van der Waals surface area contributed by atoms with Gasteiger partial charge in [-0.05, 0) is 92.2 Å². The van der Waals surface area contributed by atoms with E-state index in [0.29, 0.717) is 0 Å². The molecule has 0 unspecified atom stereocenters. The lowest BCUT2D eigenvalue weighted by Crippen LogP contribution is -2.12. The SMILES string of the molecule is c1ccc(-c2ccccc2-c2c(-c3ccccc3)cccc2N(c2ccc(-c3ccc4ccccc4c3)cc2)c2ccc3c(c2)oc2ccccc23)cc1. The minimum absolute atomic E-state index is 0.858. The molecule has 0 fully saturated rings. The van der Waals surface area contributed by atoms with Crippen molar-refractivity contribution in [2.45, 2.75) is 0 Å². The summed E-state index contributed by atoms with van der Waals surface area (Å²) in [6.45, 7) is 0. The van der Waals surface area contributed by atoms with E-state index in [1.54, 1.807) is 0 Å². The fraction of sp³-hybridized carbons (Fsp3) is 0. The molecule has 0 aliphatic heterocycles. The van der Waals surface area contributed by atoms with Gasteiger partial charge in [-0.25, -0.2) is 0 Å². The highest BCUT2D eigenvalue weighted by molar-refractivity contribution is 6.07. The van der Waals surface area contributed by atoms with Crippen LogP contribution in [0.5, 0.6) is 0 Å². The zero-order valence-electron chi connectivity index (χ0n) is 29.6. The first-order chi connectivity index (χ1) is 26.8. The van der Waals surface area contributed by atoms with E-state index in [0.717, 1.165) is 50.1 Å². The summed E-state index contributed by atoms with van der Waals surface area (Å²) in [5, 5.41) is 4.70. The summed E-state index contributed by atoms with van der Waals surface area (Å²) in [4.78, 5) is 2.39. The fourth-order valence-corrected chi connectivity index (χ4v) is 7.89. The topological polar surface area (TPSA) is 16.4 Å². The molecular formula is C52H35NO. The standard InChI is InChI=1S/C52H35NO/c1-3-15-38(16-4-1)44-20-9-10-22-48(44)52-45(39-17-5-2-6-18-39)23-13-24-49(52)53(43-32-33-47-46-21-11-12-25-50(46)54-51(47)35-43)42-30-28-37(29-31-42)41-27-26-36-14-7-8-19-40(36)34-41/h1-35H. The van der Waals surface area contributed by atoms with Crippen molar-refractivity contribution in [3.63, 3.8) is 0 Å². The average molecular weight is 690 g/mol. The molecule has 0 N–H and O–H groups in total. The zero-order valence-corrected chi connectivity index (χ0v) is 29.6. The number of rotatable bonds is 7. The molecule has 54 heavy (non-hydrogen) atoms. The molecule has 2 nitrogen and oxygen atoms in total. The number of furan rings is 1. The van der Waals surface area contributed by atoms with Crippen LogP contribution < -0.4 is 4.90 Å². The minimum Gasteiger partial charge on any atom is -0.456 e. The van der Waals surface area contributed by atoms with Crippen molar-refractivity contribution in [3.8, 4) is 44.5 Å². The van der Waals surface area contributed by atoms with Gasteiger partial charge >= 0.3 is 0 Å². The first-order valence-electron chi connectivity index (χ1n) is 18.4. The van der Waals surface area contributed by atoms with Gasteiger partial charge in [-0.15, -0.1) is 0 Å². The molecule has 9 aromatic carbocycles. The predicted molar refractivity (Wildman–Crippen MR) is 228 cm³/mol. The molecule has 0 amide bonds. The first kappa shape index (κ1) is 31.6. The van der Waals surface area contributed by atoms with Gasteiger partial charge in [-0.3, -0.25) is 0 Å². The van der Waals surface area contributed by atoms with Crippen LogP contribution in [0, 0.1) is 0 Å². The summed E-state index contributed by atoms with van der Waals surface area (Å²) in [6.07, 6.45) is 0. The van der Waals surface area contributed by atoms with Crippen molar-refractivity contribution in [2.75, 3.05) is 4.90 Å². The number of hydrogen-bond acceptors (Lipinski definition) is 2. The Labute approximate surface area is 314 Å². The van der Waals surface area contributed by atoms with E-state index < -0.39 is 0 Å². The highest BCUT2D eigenvalue weighted by atomic mass is 16.3. The lowest BCUT2D eigenvalue weighted by molar-refractivity contribution is 0.669. The van der Waals surface area contributed by atoms with Crippen molar-refractivity contribution in [2.24, 2.45) is 0 Å². The van der Waals surface area contributed by atoms with Crippen LogP contribution in [0.4, 0.5) is 17.1 Å². The molecule has 1 heterocycles. The molecule has 0 atom stereocenters. The second kappa shape index (κ2) is 13.4. The number of nitrogens with zero attached hydrogens (tertiary/aromatic N) is 1. The van der Waals surface area contributed by atoms with E-state index in [-0.39, 0.29) is 0 Å². The van der Waals surface area contributed by atoms with Crippen molar-refractivity contribution in [3.05, 3.63) is 212 Å². The minimum atomic E-state index is 0.858. The highest BCUT2D eigenvalue weighted by Gasteiger charge is 2.23. The van der Waals surface area contributed by atoms with Gasteiger partial charge in [0.05, 0.1) is 5.69 Å². The Bertz CT molecular complexity index is 2920. The van der Waals surface area contributed by atoms with Gasteiger partial charge in [-0.1, -0.05) is 164 Å². The van der Waals surface area contributed by atoms with Crippen molar-refractivity contribution >= 4 is 49.8 Å². The summed E-state index contributed by atoms with van der Waals surface area (Å²) in [5.41, 5.74) is 14.3. The monoisotopic (exact) mass is 689 g/mol. The third-order valence-electron chi connectivity index (χ3n) is 10.5. The number of anilines is 3. The first-order valence-corrected chi connectivity index (χ1v) is 18.4. The predicted octanol–water partition coefficient (Wildman–Crippen LogP) is 14.9. The fourth-order valence-electron chi connectivity index (χ4n) is 7.89. The summed E-state index contributed by atoms with van der Waals surface area (Å²) in [6, 6.07) is 76.0. The van der Waals surface area contributed by atoms with Gasteiger partial charge in [0.25, 0.3) is 0 Å². The Morgan fingerprint density at radius 1 is 0.315 bits per heavy atom. The molecule has 0 saturated carbocycles. The number of para-hydroxylation sites is 1. The van der Waals surface area contributed by atoms with Gasteiger partial charge < -0.3 is 9.32 Å². The molecule has 0 radical (unpaired) electrons. The lowest BCUT2D eigenvalue weighted by Gasteiger charge is -2.30. The van der Waals surface area contributed by atoms with Crippen LogP contribution in [0.15, 0.2) is 217 Å². The van der Waals surface area contributed by atoms with Crippen LogP contribution in [-0.4, -0.2) is 0 Å². The third kappa shape index (κ3) is 5.62. The van der Waals surface area contributed by atoms with Crippen molar-refractivity contribution < 1.29 is 4.42 Å². The summed E-state index contributed by atoms with van der Waals surface area (Å²) in [7, 11) is 0. The zero-order chi connectivity index (χ0) is 35.8. The largest absolute Gasteiger partial charge is 0.456 e. The van der Waals surface area contributed by atoms with E-state index in [2.05, 4.69) is 205 Å². The third-order valence-corrected chi connectivity index (χ3v) is 10.5. The number of benzene rings is 9. The van der Waals surface area contributed by atoms with E-state index in [1.807, 2.05) is 12.1 Å². The molecule has 10 rings (SSSR count). The van der Waals surface area contributed by atoms with Gasteiger partial charge in [0.1, 0.15) is 11.2 Å². The lowest BCUT2D eigenvalue weighted by atomic mass is 9.87. The van der Waals surface area contributed by atoms with E-state index in [9.17, 15) is 0 Å². The second-order valence-electron chi connectivity index (χ2n) is 13.7. The number of hydrogen-bond donors (Lipinski definition) is 0. The quantitative estimate of drug-likeness (QED) is 0.166. The number of fused-ring (bicyclic) bond motifs is 4. The molecule has 0 aliphatic carbocycles. The normalized spacial score (nSPS) is 11.3. The van der Waals surface area contributed by atoms with Crippen LogP contribution in [0.3, 0.4) is 0 Å². The van der Waals surface area contributed by atoms with E-state index >= 15 is 0 Å². The summed E-state index contributed by atoms with van der Waals surface area (Å²) >= 11 is 0. The Balaban J connectivity index is 1.22. The molecule has 0 bridgehead atoms. The molecule has 10 aromatic rings. The average Bonchev–Trinajstić information content (AvgIpc) is 3.62. The van der Waals surface area contributed by atoms with Crippen LogP contribution in [0.1, 0.15) is 0 Å². The van der Waals surface area contributed by atoms with Gasteiger partial charge in [0, 0.05) is 33.8 Å². The maximum absolute atomic E-state index is 6.49. The van der Waals surface area contributed by atoms with Crippen LogP contribution in [0.2, 0.25) is 0 Å². The van der Waals surface area contributed by atoms with E-state index in [1.165, 1.54) is 44.2 Å². The summed E-state index contributed by atoms with van der Waals surface area (Å²) < 4.78 is 6.49. The molecular weight excluding hydrogens is 655 g/mol. The molecule has 254 valence electrons. The van der Waals surface area contributed by atoms with Crippen LogP contribution >= 0.6 is 0 Å². The molecule has 0 saturated heterocycles. The van der Waals surface area contributed by atoms with Gasteiger partial charge in [0.2, 0.25) is 0 Å². The van der Waals surface area contributed by atoms with Crippen molar-refractivity contribution in [1.82, 2.24) is 0 Å². The Morgan fingerprint density at radius 2 is 0.907 bits per heavy atom. The Kier molecular flexibility index (Phi) is 7.85. The van der Waals surface area contributed by atoms with Gasteiger partial charge in [0.15, 0.2) is 0 Å². The summed E-state index contributed by atoms with van der Waals surface area (Å²) in [5.74, 6) is 0. The van der Waals surface area contributed by atoms with Crippen molar-refractivity contribution in [1.29, 1.82) is 0 Å². The Morgan fingerprint density at radius 3 is 1.70 bits per heavy atom. The van der Waals surface area contributed by atoms with Crippen LogP contribution in [-0.2, 0) is 0 Å². The molecule has 0 spiro atoms. The van der Waals surface area contributed by atoms with E-state index in [4.69, 9.17) is 4.42 Å². The van der Waals surface area contributed by atoms with Crippen LogP contribution in [0.25, 0.3) is 77.2 Å². The smallest absolute Gasteiger partial charge is 0.137 e. The maximum Gasteiger partial charge on any atom is 0.137 e. The van der Waals surface area contributed by atoms with Gasteiger partial charge in [-0.2, -0.15) is 0 Å². The molecule has 1 aromatic heterocycles. The highest BCUT2D eigenvalue weighted by Crippen LogP contribution is 2.48. The molecule has 0 aliphatic rings. The second-order valence-corrected chi connectivity index (χ2v) is 13.7. The molecule has 2 heteroatoms. The maximum atomic E-state index is 6.49.